The summed E-state index contributed by atoms with van der Waals surface area (Å²) in [6.45, 7) is 3.40. The molecule has 0 radical (unpaired) electrons. The molecule has 0 bridgehead atoms. The molecule has 1 saturated carbocycles. The lowest BCUT2D eigenvalue weighted by molar-refractivity contribution is -0.122. The van der Waals surface area contributed by atoms with Gasteiger partial charge in [0.2, 0.25) is 11.8 Å². The van der Waals surface area contributed by atoms with Crippen molar-refractivity contribution in [1.82, 2.24) is 0 Å². The van der Waals surface area contributed by atoms with Gasteiger partial charge in [-0.1, -0.05) is 6.07 Å². The highest BCUT2D eigenvalue weighted by molar-refractivity contribution is 6.31. The van der Waals surface area contributed by atoms with Gasteiger partial charge in [0.05, 0.1) is 33.8 Å². The molecule has 4 rings (SSSR count). The monoisotopic (exact) mass is 502 g/mol. The molecule has 34 heavy (non-hydrogen) atoms. The number of nitrogens with zero attached hydrogens (tertiary/aromatic N) is 1. The van der Waals surface area contributed by atoms with Crippen LogP contribution in [-0.2, 0) is 19.1 Å². The van der Waals surface area contributed by atoms with Gasteiger partial charge in [0.1, 0.15) is 0 Å². The number of hydrogen-bond donors (Lipinski definition) is 1. The molecule has 2 aromatic carbocycles. The Bertz CT molecular complexity index is 1100. The molecule has 0 spiro atoms. The van der Waals surface area contributed by atoms with Gasteiger partial charge in [0, 0.05) is 5.69 Å². The Labute approximate surface area is 207 Å². The van der Waals surface area contributed by atoms with Gasteiger partial charge in [-0.3, -0.25) is 19.3 Å². The second-order valence-corrected chi connectivity index (χ2v) is 9.90. The lowest BCUT2D eigenvalue weighted by Gasteiger charge is -2.28. The molecule has 2 fully saturated rings. The van der Waals surface area contributed by atoms with Crippen LogP contribution in [0.2, 0.25) is 0 Å². The summed E-state index contributed by atoms with van der Waals surface area (Å²) in [6, 6.07) is 11.6. The third-order valence-corrected chi connectivity index (χ3v) is 7.21. The predicted molar refractivity (Wildman–Crippen MR) is 129 cm³/mol. The van der Waals surface area contributed by atoms with E-state index in [0.717, 1.165) is 16.0 Å². The SMILES string of the molecule is Cc1cc(C)cc(NC(=O)COC(=O)c2ccc(N3C(=O)[C@H]4C[C@H](Cl)[C@@H](Cl)C[C@H]4C3=O)cc2)c1. The number of amides is 3. The molecular formula is C25H24Cl2N2O5. The van der Waals surface area contributed by atoms with Crippen LogP contribution >= 0.6 is 23.2 Å². The van der Waals surface area contributed by atoms with E-state index in [1.54, 1.807) is 0 Å². The lowest BCUT2D eigenvalue weighted by atomic mass is 9.80. The number of alkyl halides is 2. The summed E-state index contributed by atoms with van der Waals surface area (Å²) in [5, 5.41) is 1.99. The highest BCUT2D eigenvalue weighted by atomic mass is 35.5. The summed E-state index contributed by atoms with van der Waals surface area (Å²) < 4.78 is 5.10. The number of rotatable bonds is 5. The maximum atomic E-state index is 12.9. The van der Waals surface area contributed by atoms with Gasteiger partial charge in [-0.2, -0.15) is 0 Å². The average Bonchev–Trinajstić information content (AvgIpc) is 3.01. The Morgan fingerprint density at radius 3 is 2.00 bits per heavy atom. The molecule has 1 aliphatic carbocycles. The van der Waals surface area contributed by atoms with Crippen LogP contribution in [0, 0.1) is 25.7 Å². The highest BCUT2D eigenvalue weighted by Crippen LogP contribution is 2.43. The van der Waals surface area contributed by atoms with Crippen LogP contribution in [0.15, 0.2) is 42.5 Å². The summed E-state index contributed by atoms with van der Waals surface area (Å²) in [5.41, 5.74) is 3.20. The normalized spacial score (nSPS) is 24.1. The van der Waals surface area contributed by atoms with Crippen molar-refractivity contribution in [2.75, 3.05) is 16.8 Å². The summed E-state index contributed by atoms with van der Waals surface area (Å²) in [5.74, 6) is -2.72. The molecule has 178 valence electrons. The minimum atomic E-state index is -0.690. The van der Waals surface area contributed by atoms with E-state index < -0.39 is 30.3 Å². The van der Waals surface area contributed by atoms with Crippen molar-refractivity contribution in [2.45, 2.75) is 37.4 Å². The van der Waals surface area contributed by atoms with Crippen LogP contribution in [0.4, 0.5) is 11.4 Å². The number of hydrogen-bond acceptors (Lipinski definition) is 5. The lowest BCUT2D eigenvalue weighted by Crippen LogP contribution is -2.34. The fourth-order valence-electron chi connectivity index (χ4n) is 4.55. The van der Waals surface area contributed by atoms with Gasteiger partial charge in [-0.15, -0.1) is 23.2 Å². The fraction of sp³-hybridized carbons (Fsp3) is 0.360. The first-order valence-electron chi connectivity index (χ1n) is 11.0. The van der Waals surface area contributed by atoms with E-state index in [1.165, 1.54) is 24.3 Å². The first-order chi connectivity index (χ1) is 16.1. The molecule has 0 aromatic heterocycles. The number of carbonyl (C=O) groups is 4. The standard InChI is InChI=1S/C25H24Cl2N2O5/c1-13-7-14(2)9-16(8-13)28-22(30)12-34-25(33)15-3-5-17(6-4-15)29-23(31)18-10-20(26)21(27)11-19(18)24(29)32/h3-9,18-21H,10-12H2,1-2H3,(H,28,30)/t18-,19+,20-,21-/m0/s1. The van der Waals surface area contributed by atoms with E-state index in [4.69, 9.17) is 27.9 Å². The smallest absolute Gasteiger partial charge is 0.338 e. The maximum Gasteiger partial charge on any atom is 0.338 e. The summed E-state index contributed by atoms with van der Waals surface area (Å²) in [4.78, 5) is 51.4. The van der Waals surface area contributed by atoms with E-state index in [2.05, 4.69) is 5.32 Å². The second-order valence-electron chi connectivity index (χ2n) is 8.78. The van der Waals surface area contributed by atoms with E-state index >= 15 is 0 Å². The zero-order valence-electron chi connectivity index (χ0n) is 18.7. The van der Waals surface area contributed by atoms with Crippen molar-refractivity contribution in [1.29, 1.82) is 0 Å². The minimum Gasteiger partial charge on any atom is -0.452 e. The van der Waals surface area contributed by atoms with Crippen LogP contribution in [0.1, 0.15) is 34.3 Å². The zero-order valence-corrected chi connectivity index (χ0v) is 20.2. The number of esters is 1. The first kappa shape index (κ1) is 24.2. The van der Waals surface area contributed by atoms with Gasteiger partial charge in [-0.25, -0.2) is 4.79 Å². The van der Waals surface area contributed by atoms with E-state index in [-0.39, 0.29) is 28.1 Å². The third-order valence-electron chi connectivity index (χ3n) is 6.11. The number of halogens is 2. The molecular weight excluding hydrogens is 479 g/mol. The Morgan fingerprint density at radius 1 is 0.941 bits per heavy atom. The van der Waals surface area contributed by atoms with Gasteiger partial charge in [-0.05, 0) is 74.2 Å². The number of benzene rings is 2. The van der Waals surface area contributed by atoms with Crippen LogP contribution in [0.3, 0.4) is 0 Å². The van der Waals surface area contributed by atoms with Gasteiger partial charge in [0.15, 0.2) is 6.61 Å². The van der Waals surface area contributed by atoms with Crippen molar-refractivity contribution in [3.63, 3.8) is 0 Å². The average molecular weight is 503 g/mol. The second kappa shape index (κ2) is 9.76. The molecule has 2 aliphatic rings. The van der Waals surface area contributed by atoms with Gasteiger partial charge < -0.3 is 10.1 Å². The van der Waals surface area contributed by atoms with Crippen LogP contribution in [-0.4, -0.2) is 41.1 Å². The number of aryl methyl sites for hydroxylation is 2. The van der Waals surface area contributed by atoms with Crippen LogP contribution in [0.5, 0.6) is 0 Å². The number of carbonyl (C=O) groups excluding carboxylic acids is 4. The Morgan fingerprint density at radius 2 is 1.47 bits per heavy atom. The van der Waals surface area contributed by atoms with Gasteiger partial charge >= 0.3 is 5.97 Å². The van der Waals surface area contributed by atoms with Gasteiger partial charge in [0.25, 0.3) is 5.91 Å². The van der Waals surface area contributed by atoms with Crippen molar-refractivity contribution in [3.8, 4) is 0 Å². The van der Waals surface area contributed by atoms with Crippen LogP contribution in [0.25, 0.3) is 0 Å². The highest BCUT2D eigenvalue weighted by Gasteiger charge is 2.52. The van der Waals surface area contributed by atoms with E-state index in [0.29, 0.717) is 24.2 Å². The fourth-order valence-corrected chi connectivity index (χ4v) is 5.14. The first-order valence-corrected chi connectivity index (χ1v) is 11.8. The molecule has 1 N–H and O–H groups in total. The topological polar surface area (TPSA) is 92.8 Å². The molecule has 2 aromatic rings. The largest absolute Gasteiger partial charge is 0.452 e. The minimum absolute atomic E-state index is 0.195. The number of anilines is 2. The van der Waals surface area contributed by atoms with Crippen molar-refractivity contribution in [3.05, 3.63) is 59.2 Å². The zero-order chi connectivity index (χ0) is 24.6. The number of fused-ring (bicyclic) bond motifs is 1. The maximum absolute atomic E-state index is 12.9. The molecule has 1 saturated heterocycles. The summed E-state index contributed by atoms with van der Waals surface area (Å²) >= 11 is 12.4. The van der Waals surface area contributed by atoms with Crippen molar-refractivity contribution in [2.24, 2.45) is 11.8 Å². The molecule has 0 unspecified atom stereocenters. The van der Waals surface area contributed by atoms with Crippen LogP contribution < -0.4 is 10.2 Å². The van der Waals surface area contributed by atoms with Crippen molar-refractivity contribution >= 4 is 58.3 Å². The summed E-state index contributed by atoms with van der Waals surface area (Å²) in [6.07, 6.45) is 0.714. The summed E-state index contributed by atoms with van der Waals surface area (Å²) in [7, 11) is 0. The van der Waals surface area contributed by atoms with E-state index in [1.807, 2.05) is 32.0 Å². The number of ether oxygens (including phenoxy) is 1. The molecule has 7 nitrogen and oxygen atoms in total. The Balaban J connectivity index is 1.37. The molecule has 1 aliphatic heterocycles. The third kappa shape index (κ3) is 4.95. The molecule has 9 heteroatoms. The number of nitrogens with one attached hydrogen (secondary N) is 1. The number of imide groups is 1. The van der Waals surface area contributed by atoms with Crippen molar-refractivity contribution < 1.29 is 23.9 Å². The van der Waals surface area contributed by atoms with E-state index in [9.17, 15) is 19.2 Å². The quantitative estimate of drug-likeness (QED) is 0.375. The predicted octanol–water partition coefficient (Wildman–Crippen LogP) is 4.21. The Kier molecular flexibility index (Phi) is 6.96. The molecule has 1 heterocycles. The Hall–Kier alpha value is -2.90. The molecule has 3 amide bonds. The molecule has 4 atom stereocenters.